The molecule has 4 aromatic carbocycles. The molecule has 49 heavy (non-hydrogen) atoms. The number of hydrogen-bond acceptors (Lipinski definition) is 4. The number of aromatic amines is 1. The smallest absolute Gasteiger partial charge is 0.266 e. The number of nitrogens with one attached hydrogen (secondary N) is 2. The number of nitrogens with zero attached hydrogens (tertiary/aromatic N) is 1. The van der Waals surface area contributed by atoms with E-state index >= 15 is 0 Å². The monoisotopic (exact) mass is 677 g/mol. The maximum Gasteiger partial charge on any atom is 0.266 e. The molecule has 3 N–H and O–H groups in total. The van der Waals surface area contributed by atoms with Gasteiger partial charge in [-0.1, -0.05) is 107 Å². The summed E-state index contributed by atoms with van der Waals surface area (Å²) in [5.41, 5.74) is 9.74. The number of fused-ring (bicyclic) bond motifs is 1. The van der Waals surface area contributed by atoms with Crippen LogP contribution in [-0.2, 0) is 22.0 Å². The average molecular weight is 678 g/mol. The van der Waals surface area contributed by atoms with Gasteiger partial charge in [-0.3, -0.25) is 9.35 Å². The van der Waals surface area contributed by atoms with Crippen LogP contribution in [0.25, 0.3) is 22.2 Å². The minimum absolute atomic E-state index is 0.0573. The van der Waals surface area contributed by atoms with Crippen molar-refractivity contribution in [2.45, 2.75) is 77.0 Å². The number of imidazole rings is 1. The number of carbonyl (C=O) groups excluding carboxylic acids is 1. The summed E-state index contributed by atoms with van der Waals surface area (Å²) in [6, 6.07) is 31.6. The first-order chi connectivity index (χ1) is 23.3. The first-order valence-corrected chi connectivity index (χ1v) is 19.0. The van der Waals surface area contributed by atoms with Crippen molar-refractivity contribution in [1.29, 1.82) is 0 Å². The van der Waals surface area contributed by atoms with Crippen LogP contribution in [0.3, 0.4) is 0 Å². The molecule has 1 aromatic heterocycles. The molecule has 1 atom stereocenters. The number of H-pyrrole nitrogens is 1. The van der Waals surface area contributed by atoms with Crippen molar-refractivity contribution in [3.8, 4) is 11.1 Å². The molecule has 1 saturated carbocycles. The molecule has 1 aliphatic carbocycles. The summed E-state index contributed by atoms with van der Waals surface area (Å²) in [6.07, 6.45) is 5.67. The van der Waals surface area contributed by atoms with Crippen molar-refractivity contribution in [1.82, 2.24) is 15.3 Å². The Kier molecular flexibility index (Phi) is 10.1. The molecule has 6 rings (SSSR count). The van der Waals surface area contributed by atoms with E-state index < -0.39 is 21.8 Å². The van der Waals surface area contributed by atoms with Crippen molar-refractivity contribution in [3.05, 3.63) is 125 Å². The molecule has 8 heteroatoms. The summed E-state index contributed by atoms with van der Waals surface area (Å²) in [5.74, 6) is 1.32. The molecule has 7 nitrogen and oxygen atoms in total. The topological polar surface area (TPSA) is 112 Å². The minimum Gasteiger partial charge on any atom is -0.351 e. The van der Waals surface area contributed by atoms with Crippen LogP contribution >= 0.6 is 0 Å². The molecule has 1 amide bonds. The van der Waals surface area contributed by atoms with Gasteiger partial charge in [0.2, 0.25) is 0 Å². The molecule has 256 valence electrons. The molecule has 0 aliphatic heterocycles. The zero-order valence-corrected chi connectivity index (χ0v) is 29.7. The van der Waals surface area contributed by atoms with Gasteiger partial charge in [0, 0.05) is 18.0 Å². The molecule has 1 heterocycles. The Balaban J connectivity index is 1.27. The summed E-state index contributed by atoms with van der Waals surface area (Å²) in [4.78, 5) is 21.4. The lowest BCUT2D eigenvalue weighted by atomic mass is 9.79. The van der Waals surface area contributed by atoms with E-state index in [1.807, 2.05) is 12.1 Å². The molecular weight excluding hydrogens is 631 g/mol. The Morgan fingerprint density at radius 1 is 0.898 bits per heavy atom. The Labute approximate surface area is 290 Å². The molecule has 1 fully saturated rings. The fraction of sp³-hybridized carbons (Fsp3) is 0.366. The largest absolute Gasteiger partial charge is 0.351 e. The van der Waals surface area contributed by atoms with Gasteiger partial charge in [-0.25, -0.2) is 4.98 Å². The fourth-order valence-corrected chi connectivity index (χ4v) is 7.28. The second-order valence-electron chi connectivity index (χ2n) is 14.8. The van der Waals surface area contributed by atoms with E-state index in [9.17, 15) is 13.2 Å². The van der Waals surface area contributed by atoms with Gasteiger partial charge >= 0.3 is 0 Å². The normalized spacial score (nSPS) is 17.6. The molecule has 1 unspecified atom stereocenters. The average Bonchev–Trinajstić information content (AvgIpc) is 3.50. The molecule has 0 radical (unpaired) electrons. The Morgan fingerprint density at radius 2 is 1.53 bits per heavy atom. The number of amides is 1. The lowest BCUT2D eigenvalue weighted by Gasteiger charge is -2.26. The number of aromatic nitrogens is 2. The van der Waals surface area contributed by atoms with Crippen LogP contribution in [0.1, 0.15) is 104 Å². The first-order valence-electron chi connectivity index (χ1n) is 17.3. The van der Waals surface area contributed by atoms with Crippen molar-refractivity contribution in [2.75, 3.05) is 12.3 Å². The van der Waals surface area contributed by atoms with E-state index in [0.29, 0.717) is 17.9 Å². The van der Waals surface area contributed by atoms with Crippen LogP contribution in [0.15, 0.2) is 91.0 Å². The number of carbonyl (C=O) groups is 1. The fourth-order valence-electron chi connectivity index (χ4n) is 6.92. The zero-order chi connectivity index (χ0) is 34.8. The van der Waals surface area contributed by atoms with E-state index in [0.717, 1.165) is 39.5 Å². The Morgan fingerprint density at radius 3 is 2.14 bits per heavy atom. The predicted octanol–water partition coefficient (Wildman–Crippen LogP) is 8.81. The van der Waals surface area contributed by atoms with Crippen molar-refractivity contribution in [3.63, 3.8) is 0 Å². The summed E-state index contributed by atoms with van der Waals surface area (Å²) in [7, 11) is -4.14. The minimum atomic E-state index is -4.14. The maximum absolute atomic E-state index is 12.6. The van der Waals surface area contributed by atoms with Gasteiger partial charge in [0.1, 0.15) is 5.82 Å². The molecule has 0 bridgehead atoms. The SMILES string of the molecule is CC(C)(C)c1ccc(-c2ccc(C(Cc3ccc(C(=O)NCCS(=O)(=O)O)cc3)c3nc4cc([C@H]5CC[C@H](C)CC5)ccc4[nH]3)cc2)cc1. The van der Waals surface area contributed by atoms with Crippen LogP contribution in [0.5, 0.6) is 0 Å². The summed E-state index contributed by atoms with van der Waals surface area (Å²) in [6.45, 7) is 8.86. The second kappa shape index (κ2) is 14.3. The lowest BCUT2D eigenvalue weighted by molar-refractivity contribution is 0.0956. The van der Waals surface area contributed by atoms with Crippen molar-refractivity contribution >= 4 is 27.1 Å². The third-order valence-electron chi connectivity index (χ3n) is 10.0. The molecular formula is C41H47N3O4S. The molecule has 5 aromatic rings. The Bertz CT molecular complexity index is 2000. The Hall–Kier alpha value is -4.27. The van der Waals surface area contributed by atoms with Crippen molar-refractivity contribution in [2.24, 2.45) is 5.92 Å². The highest BCUT2D eigenvalue weighted by Gasteiger charge is 2.23. The number of hydrogen-bond donors (Lipinski definition) is 3. The van der Waals surface area contributed by atoms with Gasteiger partial charge in [0.25, 0.3) is 16.0 Å². The van der Waals surface area contributed by atoms with Crippen LogP contribution in [0.2, 0.25) is 0 Å². The van der Waals surface area contributed by atoms with E-state index in [4.69, 9.17) is 9.54 Å². The van der Waals surface area contributed by atoms with Crippen LogP contribution < -0.4 is 5.32 Å². The van der Waals surface area contributed by atoms with Gasteiger partial charge in [0.15, 0.2) is 0 Å². The summed E-state index contributed by atoms with van der Waals surface area (Å²) in [5, 5.41) is 2.55. The first kappa shape index (κ1) is 34.6. The van der Waals surface area contributed by atoms with E-state index in [1.165, 1.54) is 42.4 Å². The van der Waals surface area contributed by atoms with Gasteiger partial charge in [-0.05, 0) is 94.2 Å². The summed E-state index contributed by atoms with van der Waals surface area (Å²) < 4.78 is 31.0. The highest BCUT2D eigenvalue weighted by molar-refractivity contribution is 7.85. The second-order valence-corrected chi connectivity index (χ2v) is 16.4. The summed E-state index contributed by atoms with van der Waals surface area (Å²) >= 11 is 0. The third-order valence-corrected chi connectivity index (χ3v) is 10.8. The van der Waals surface area contributed by atoms with Gasteiger partial charge < -0.3 is 10.3 Å². The van der Waals surface area contributed by atoms with Gasteiger partial charge in [-0.2, -0.15) is 8.42 Å². The quantitative estimate of drug-likeness (QED) is 0.128. The predicted molar refractivity (Wildman–Crippen MR) is 198 cm³/mol. The van der Waals surface area contributed by atoms with Crippen LogP contribution in [-0.4, -0.2) is 41.1 Å². The lowest BCUT2D eigenvalue weighted by Crippen LogP contribution is -2.28. The van der Waals surface area contributed by atoms with E-state index in [-0.39, 0.29) is 17.9 Å². The highest BCUT2D eigenvalue weighted by Crippen LogP contribution is 2.37. The van der Waals surface area contributed by atoms with Crippen LogP contribution in [0, 0.1) is 5.92 Å². The standard InChI is InChI=1S/C41H47N3O4S/c1-27-5-9-31(10-6-27)34-19-22-37-38(26-34)44-39(43-37)36(25-28-7-11-33(12-8-28)40(45)42-23-24-49(46,47)48)32-15-13-29(14-16-32)30-17-20-35(21-18-30)41(2,3)4/h7-8,11-22,26-27,31,36H,5-6,9-10,23-25H2,1-4H3,(H,42,45)(H,43,44)(H,46,47,48)/t27-,31-,36?. The zero-order valence-electron chi connectivity index (χ0n) is 28.9. The maximum atomic E-state index is 12.6. The number of rotatable bonds is 10. The highest BCUT2D eigenvalue weighted by atomic mass is 32.2. The molecule has 1 aliphatic rings. The van der Waals surface area contributed by atoms with Gasteiger partial charge in [-0.15, -0.1) is 0 Å². The van der Waals surface area contributed by atoms with E-state index in [1.54, 1.807) is 12.1 Å². The third kappa shape index (κ3) is 8.67. The van der Waals surface area contributed by atoms with Gasteiger partial charge in [0.05, 0.1) is 16.8 Å². The number of benzene rings is 4. The van der Waals surface area contributed by atoms with Crippen molar-refractivity contribution < 1.29 is 17.8 Å². The molecule has 0 saturated heterocycles. The van der Waals surface area contributed by atoms with Crippen LogP contribution in [0.4, 0.5) is 0 Å². The molecule has 0 spiro atoms. The van der Waals surface area contributed by atoms with E-state index in [2.05, 4.69) is 105 Å².